The zero-order valence-corrected chi connectivity index (χ0v) is 13.1. The fourth-order valence-corrected chi connectivity index (χ4v) is 3.08. The molecule has 2 N–H and O–H groups in total. The van der Waals surface area contributed by atoms with Gasteiger partial charge in [0.2, 0.25) is 5.91 Å². The minimum atomic E-state index is -0.823. The maximum absolute atomic E-state index is 12.5. The Morgan fingerprint density at radius 1 is 1.10 bits per heavy atom. The molecule has 0 aromatic rings. The molecule has 0 unspecified atom stereocenters. The van der Waals surface area contributed by atoms with E-state index in [4.69, 9.17) is 0 Å². The molecule has 1 fully saturated rings. The van der Waals surface area contributed by atoms with Crippen LogP contribution in [-0.2, 0) is 9.59 Å². The number of carboxylic acid groups (broad SMARTS) is 1. The fraction of sp³-hybridized carbons (Fsp3) is 0.875. The highest BCUT2D eigenvalue weighted by atomic mass is 16.4. The van der Waals surface area contributed by atoms with Crippen LogP contribution in [0.5, 0.6) is 0 Å². The van der Waals surface area contributed by atoms with Gasteiger partial charge in [-0.05, 0) is 25.7 Å². The molecule has 0 radical (unpaired) electrons. The molecule has 4 heteroatoms. The number of carbonyl (C=O) groups excluding carboxylic acids is 1. The van der Waals surface area contributed by atoms with Gasteiger partial charge in [0.05, 0.1) is 5.41 Å². The highest BCUT2D eigenvalue weighted by Crippen LogP contribution is 2.35. The van der Waals surface area contributed by atoms with Crippen molar-refractivity contribution in [2.45, 2.75) is 72.1 Å². The van der Waals surface area contributed by atoms with E-state index in [0.717, 1.165) is 25.7 Å². The Kier molecular flexibility index (Phi) is 6.03. The van der Waals surface area contributed by atoms with E-state index >= 15 is 0 Å². The van der Waals surface area contributed by atoms with Gasteiger partial charge in [0.25, 0.3) is 0 Å². The molecule has 0 aliphatic heterocycles. The monoisotopic (exact) mass is 283 g/mol. The first-order valence-corrected chi connectivity index (χ1v) is 7.92. The van der Waals surface area contributed by atoms with E-state index in [2.05, 4.69) is 5.32 Å². The van der Waals surface area contributed by atoms with E-state index in [1.54, 1.807) is 0 Å². The molecule has 116 valence electrons. The molecule has 0 atom stereocenters. The summed E-state index contributed by atoms with van der Waals surface area (Å²) in [4.78, 5) is 23.9. The summed E-state index contributed by atoms with van der Waals surface area (Å²) in [5, 5.41) is 12.3. The van der Waals surface area contributed by atoms with Crippen molar-refractivity contribution in [3.05, 3.63) is 0 Å². The lowest BCUT2D eigenvalue weighted by molar-refractivity contribution is -0.149. The number of hydrogen-bond donors (Lipinski definition) is 2. The largest absolute Gasteiger partial charge is 0.481 e. The Labute approximate surface area is 122 Å². The average molecular weight is 283 g/mol. The van der Waals surface area contributed by atoms with Gasteiger partial charge < -0.3 is 10.4 Å². The molecule has 0 heterocycles. The van der Waals surface area contributed by atoms with Crippen LogP contribution in [0.25, 0.3) is 0 Å². The molecule has 0 bridgehead atoms. The first-order valence-electron chi connectivity index (χ1n) is 7.92. The number of nitrogens with one attached hydrogen (secondary N) is 1. The van der Waals surface area contributed by atoms with Crippen molar-refractivity contribution < 1.29 is 14.7 Å². The maximum Gasteiger partial charge on any atom is 0.311 e. The van der Waals surface area contributed by atoms with Gasteiger partial charge in [-0.25, -0.2) is 0 Å². The van der Waals surface area contributed by atoms with Gasteiger partial charge in [-0.2, -0.15) is 0 Å². The Hall–Kier alpha value is -1.06. The van der Waals surface area contributed by atoms with Gasteiger partial charge in [0, 0.05) is 12.0 Å². The van der Waals surface area contributed by atoms with Crippen LogP contribution in [0, 0.1) is 10.8 Å². The van der Waals surface area contributed by atoms with E-state index in [0.29, 0.717) is 12.8 Å². The van der Waals surface area contributed by atoms with Crippen LogP contribution in [0.15, 0.2) is 0 Å². The zero-order valence-electron chi connectivity index (χ0n) is 13.1. The first kappa shape index (κ1) is 17.0. The third-order valence-electron chi connectivity index (χ3n) is 5.15. The van der Waals surface area contributed by atoms with Gasteiger partial charge in [-0.1, -0.05) is 46.5 Å². The molecule has 0 spiro atoms. The Bertz CT molecular complexity index is 340. The molecule has 1 aliphatic carbocycles. The van der Waals surface area contributed by atoms with Crippen molar-refractivity contribution >= 4 is 11.9 Å². The lowest BCUT2D eigenvalue weighted by atomic mass is 9.79. The quantitative estimate of drug-likeness (QED) is 0.735. The minimum Gasteiger partial charge on any atom is -0.481 e. The Morgan fingerprint density at radius 3 is 2.00 bits per heavy atom. The summed E-state index contributed by atoms with van der Waals surface area (Å²) in [6, 6.07) is 0. The smallest absolute Gasteiger partial charge is 0.311 e. The summed E-state index contributed by atoms with van der Waals surface area (Å²) < 4.78 is 0. The predicted octanol–water partition coefficient (Wildman–Crippen LogP) is 3.35. The fourth-order valence-electron chi connectivity index (χ4n) is 3.08. The second-order valence-electron chi connectivity index (χ2n) is 6.45. The molecular formula is C16H29NO3. The highest BCUT2D eigenvalue weighted by molar-refractivity contribution is 5.83. The Morgan fingerprint density at radius 2 is 1.60 bits per heavy atom. The van der Waals surface area contributed by atoms with E-state index in [-0.39, 0.29) is 17.9 Å². The standard InChI is InChI=1S/C16H29NO3/c1-4-16(5-2,14(19)20)12-17-13(18)15(3)10-8-6-7-9-11-15/h4-12H2,1-3H3,(H,17,18)(H,19,20). The minimum absolute atomic E-state index is 0.0342. The van der Waals surface area contributed by atoms with Gasteiger partial charge in [0.1, 0.15) is 0 Å². The van der Waals surface area contributed by atoms with E-state index in [1.165, 1.54) is 12.8 Å². The van der Waals surface area contributed by atoms with Crippen molar-refractivity contribution in [3.63, 3.8) is 0 Å². The first-order chi connectivity index (χ1) is 9.40. The van der Waals surface area contributed by atoms with E-state index in [9.17, 15) is 14.7 Å². The molecule has 1 saturated carbocycles. The third-order valence-corrected chi connectivity index (χ3v) is 5.15. The van der Waals surface area contributed by atoms with Crippen LogP contribution in [-0.4, -0.2) is 23.5 Å². The van der Waals surface area contributed by atoms with E-state index in [1.807, 2.05) is 20.8 Å². The number of carboxylic acids is 1. The normalized spacial score (nSPS) is 19.1. The number of hydrogen-bond acceptors (Lipinski definition) is 2. The second kappa shape index (κ2) is 7.09. The lowest BCUT2D eigenvalue weighted by Gasteiger charge is -2.31. The number of aliphatic carboxylic acids is 1. The van der Waals surface area contributed by atoms with Crippen LogP contribution in [0.2, 0.25) is 0 Å². The molecule has 0 saturated heterocycles. The summed E-state index contributed by atoms with van der Waals surface area (Å²) in [5.74, 6) is -0.777. The summed E-state index contributed by atoms with van der Waals surface area (Å²) in [7, 11) is 0. The summed E-state index contributed by atoms with van der Waals surface area (Å²) in [6.45, 7) is 6.01. The predicted molar refractivity (Wildman–Crippen MR) is 79.5 cm³/mol. The number of rotatable bonds is 6. The molecule has 0 aromatic heterocycles. The molecule has 1 aliphatic rings. The van der Waals surface area contributed by atoms with Crippen molar-refractivity contribution in [1.29, 1.82) is 0 Å². The van der Waals surface area contributed by atoms with Crippen LogP contribution in [0.3, 0.4) is 0 Å². The van der Waals surface area contributed by atoms with Gasteiger partial charge in [-0.15, -0.1) is 0 Å². The number of amides is 1. The molecule has 1 amide bonds. The van der Waals surface area contributed by atoms with Crippen molar-refractivity contribution in [1.82, 2.24) is 5.32 Å². The SMILES string of the molecule is CCC(CC)(CNC(=O)C1(C)CCCCCC1)C(=O)O. The van der Waals surface area contributed by atoms with Crippen LogP contribution < -0.4 is 5.32 Å². The van der Waals surface area contributed by atoms with Gasteiger partial charge in [-0.3, -0.25) is 9.59 Å². The lowest BCUT2D eigenvalue weighted by Crippen LogP contribution is -2.47. The molecule has 20 heavy (non-hydrogen) atoms. The van der Waals surface area contributed by atoms with Crippen molar-refractivity contribution in [3.8, 4) is 0 Å². The van der Waals surface area contributed by atoms with Crippen LogP contribution >= 0.6 is 0 Å². The molecule has 4 nitrogen and oxygen atoms in total. The Balaban J connectivity index is 2.67. The molecular weight excluding hydrogens is 254 g/mol. The second-order valence-corrected chi connectivity index (χ2v) is 6.45. The third kappa shape index (κ3) is 3.74. The summed E-state index contributed by atoms with van der Waals surface area (Å²) in [6.07, 6.45) is 7.49. The zero-order chi connectivity index (χ0) is 15.2. The molecule has 1 rings (SSSR count). The van der Waals surface area contributed by atoms with Crippen molar-refractivity contribution in [2.75, 3.05) is 6.54 Å². The van der Waals surface area contributed by atoms with Gasteiger partial charge >= 0.3 is 5.97 Å². The van der Waals surface area contributed by atoms with E-state index < -0.39 is 11.4 Å². The highest BCUT2D eigenvalue weighted by Gasteiger charge is 2.38. The van der Waals surface area contributed by atoms with Crippen molar-refractivity contribution in [2.24, 2.45) is 10.8 Å². The molecule has 0 aromatic carbocycles. The van der Waals surface area contributed by atoms with Crippen LogP contribution in [0.4, 0.5) is 0 Å². The number of carbonyl (C=O) groups is 2. The maximum atomic E-state index is 12.5. The average Bonchev–Trinajstić information content (AvgIpc) is 2.65. The summed E-state index contributed by atoms with van der Waals surface area (Å²) >= 11 is 0. The van der Waals surface area contributed by atoms with Gasteiger partial charge in [0.15, 0.2) is 0 Å². The van der Waals surface area contributed by atoms with Crippen LogP contribution in [0.1, 0.15) is 72.1 Å². The summed E-state index contributed by atoms with van der Waals surface area (Å²) in [5.41, 5.74) is -1.14. The topological polar surface area (TPSA) is 66.4 Å².